The molecule has 0 aromatic heterocycles. The predicted molar refractivity (Wildman–Crippen MR) is 61.7 cm³/mol. The molecule has 0 aliphatic carbocycles. The number of carbonyl (C=O) groups excluding carboxylic acids is 1. The van der Waals surface area contributed by atoms with Gasteiger partial charge in [-0.1, -0.05) is 39.5 Å². The zero-order chi connectivity index (χ0) is 10.8. The number of amides is 1. The van der Waals surface area contributed by atoms with Gasteiger partial charge in [-0.25, -0.2) is 0 Å². The van der Waals surface area contributed by atoms with Crippen LogP contribution in [0.5, 0.6) is 0 Å². The van der Waals surface area contributed by atoms with Gasteiger partial charge in [0.15, 0.2) is 0 Å². The lowest BCUT2D eigenvalue weighted by atomic mass is 10.1. The number of carbonyl (C=O) groups is 1. The zero-order valence-electron chi connectivity index (χ0n) is 9.31. The fourth-order valence-electron chi connectivity index (χ4n) is 1.24. The van der Waals surface area contributed by atoms with Crippen molar-refractivity contribution in [3.8, 4) is 0 Å². The number of alkyl halides is 1. The van der Waals surface area contributed by atoms with Gasteiger partial charge in [0.05, 0.1) is 0 Å². The van der Waals surface area contributed by atoms with Gasteiger partial charge in [-0.05, 0) is 12.8 Å². The molecular weight excluding hydrogens is 198 g/mol. The zero-order valence-corrected chi connectivity index (χ0v) is 10.1. The molecule has 1 N–H and O–H groups in total. The maximum absolute atomic E-state index is 11.3. The smallest absolute Gasteiger partial charge is 0.238 e. The van der Waals surface area contributed by atoms with E-state index in [4.69, 9.17) is 11.6 Å². The number of unbranched alkanes of at least 4 members (excludes halogenated alkanes) is 3. The summed E-state index contributed by atoms with van der Waals surface area (Å²) in [4.78, 5) is 11.3. The molecule has 0 heterocycles. The van der Waals surface area contributed by atoms with E-state index in [1.54, 1.807) is 0 Å². The summed E-state index contributed by atoms with van der Waals surface area (Å²) in [6, 6.07) is 0. The Bertz CT molecular complexity index is 150. The SMILES string of the molecule is CCCCCCC(Cl)C(=O)NCCC. The Hall–Kier alpha value is -0.240. The van der Waals surface area contributed by atoms with Crippen molar-refractivity contribution in [1.29, 1.82) is 0 Å². The van der Waals surface area contributed by atoms with Gasteiger partial charge in [-0.3, -0.25) is 4.79 Å². The molecule has 3 heteroatoms. The van der Waals surface area contributed by atoms with Crippen LogP contribution in [0.4, 0.5) is 0 Å². The molecule has 1 unspecified atom stereocenters. The van der Waals surface area contributed by atoms with Crippen LogP contribution in [0.3, 0.4) is 0 Å². The minimum absolute atomic E-state index is 0.00925. The first-order valence-electron chi connectivity index (χ1n) is 5.64. The summed E-state index contributed by atoms with van der Waals surface area (Å²) in [6.07, 6.45) is 6.46. The summed E-state index contributed by atoms with van der Waals surface area (Å²) in [7, 11) is 0. The van der Waals surface area contributed by atoms with E-state index in [9.17, 15) is 4.79 Å². The molecule has 84 valence electrons. The lowest BCUT2D eigenvalue weighted by molar-refractivity contribution is -0.120. The summed E-state index contributed by atoms with van der Waals surface area (Å²) >= 11 is 5.93. The average Bonchev–Trinajstić information content (AvgIpc) is 2.20. The van der Waals surface area contributed by atoms with E-state index in [0.717, 1.165) is 25.8 Å². The second-order valence-corrected chi connectivity index (χ2v) is 4.13. The topological polar surface area (TPSA) is 29.1 Å². The van der Waals surface area contributed by atoms with Crippen molar-refractivity contribution in [2.45, 2.75) is 57.7 Å². The van der Waals surface area contributed by atoms with Crippen molar-refractivity contribution < 1.29 is 4.79 Å². The maximum atomic E-state index is 11.3. The maximum Gasteiger partial charge on any atom is 0.238 e. The average molecular weight is 220 g/mol. The van der Waals surface area contributed by atoms with Gasteiger partial charge < -0.3 is 5.32 Å². The number of nitrogens with one attached hydrogen (secondary N) is 1. The molecule has 0 fully saturated rings. The molecule has 14 heavy (non-hydrogen) atoms. The third-order valence-corrected chi connectivity index (χ3v) is 2.56. The molecule has 1 atom stereocenters. The highest BCUT2D eigenvalue weighted by molar-refractivity contribution is 6.30. The van der Waals surface area contributed by atoms with Crippen LogP contribution < -0.4 is 5.32 Å². The van der Waals surface area contributed by atoms with Gasteiger partial charge in [0, 0.05) is 6.54 Å². The first-order valence-corrected chi connectivity index (χ1v) is 6.07. The van der Waals surface area contributed by atoms with E-state index in [1.807, 2.05) is 6.92 Å². The van der Waals surface area contributed by atoms with Gasteiger partial charge in [0.1, 0.15) is 5.38 Å². The highest BCUT2D eigenvalue weighted by atomic mass is 35.5. The Morgan fingerprint density at radius 2 is 1.93 bits per heavy atom. The van der Waals surface area contributed by atoms with Gasteiger partial charge in [0.2, 0.25) is 5.91 Å². The second-order valence-electron chi connectivity index (χ2n) is 3.61. The van der Waals surface area contributed by atoms with Crippen LogP contribution in [0.15, 0.2) is 0 Å². The summed E-state index contributed by atoms with van der Waals surface area (Å²) in [5.41, 5.74) is 0. The molecule has 2 nitrogen and oxygen atoms in total. The van der Waals surface area contributed by atoms with Crippen molar-refractivity contribution in [2.24, 2.45) is 0 Å². The molecule has 0 spiro atoms. The van der Waals surface area contributed by atoms with E-state index in [-0.39, 0.29) is 11.3 Å². The molecule has 0 rings (SSSR count). The van der Waals surface area contributed by atoms with Crippen molar-refractivity contribution in [1.82, 2.24) is 5.32 Å². The van der Waals surface area contributed by atoms with Gasteiger partial charge in [-0.2, -0.15) is 0 Å². The number of rotatable bonds is 8. The molecule has 0 radical (unpaired) electrons. The van der Waals surface area contributed by atoms with Gasteiger partial charge in [-0.15, -0.1) is 11.6 Å². The quantitative estimate of drug-likeness (QED) is 0.493. The van der Waals surface area contributed by atoms with E-state index >= 15 is 0 Å². The largest absolute Gasteiger partial charge is 0.355 e. The fourth-order valence-corrected chi connectivity index (χ4v) is 1.47. The first kappa shape index (κ1) is 13.8. The highest BCUT2D eigenvalue weighted by Crippen LogP contribution is 2.10. The standard InChI is InChI=1S/C11H22ClNO/c1-3-5-6-7-8-10(12)11(14)13-9-4-2/h10H,3-9H2,1-2H3,(H,13,14). The normalized spacial score (nSPS) is 12.5. The third-order valence-electron chi connectivity index (χ3n) is 2.14. The Morgan fingerprint density at radius 3 is 2.50 bits per heavy atom. The van der Waals surface area contributed by atoms with Crippen LogP contribution in [0.1, 0.15) is 52.4 Å². The lowest BCUT2D eigenvalue weighted by Gasteiger charge is -2.09. The molecule has 0 bridgehead atoms. The highest BCUT2D eigenvalue weighted by Gasteiger charge is 2.13. The van der Waals surface area contributed by atoms with E-state index < -0.39 is 0 Å². The molecule has 0 saturated heterocycles. The van der Waals surface area contributed by atoms with Crippen molar-refractivity contribution >= 4 is 17.5 Å². The Labute approximate surface area is 92.4 Å². The fraction of sp³-hybridized carbons (Fsp3) is 0.909. The van der Waals surface area contributed by atoms with Crippen LogP contribution >= 0.6 is 11.6 Å². The summed E-state index contributed by atoms with van der Waals surface area (Å²) in [5, 5.41) is 2.47. The molecule has 0 saturated carbocycles. The Morgan fingerprint density at radius 1 is 1.21 bits per heavy atom. The summed E-state index contributed by atoms with van der Waals surface area (Å²) in [5.74, 6) is -0.00925. The van der Waals surface area contributed by atoms with E-state index in [2.05, 4.69) is 12.2 Å². The van der Waals surface area contributed by atoms with Crippen LogP contribution in [-0.4, -0.2) is 17.8 Å². The first-order chi connectivity index (χ1) is 6.72. The van der Waals surface area contributed by atoms with Crippen LogP contribution in [0.2, 0.25) is 0 Å². The van der Waals surface area contributed by atoms with Crippen molar-refractivity contribution in [3.63, 3.8) is 0 Å². The molecular formula is C11H22ClNO. The summed E-state index contributed by atoms with van der Waals surface area (Å²) < 4.78 is 0. The number of hydrogen-bond donors (Lipinski definition) is 1. The van der Waals surface area contributed by atoms with E-state index in [1.165, 1.54) is 19.3 Å². The van der Waals surface area contributed by atoms with Gasteiger partial charge >= 0.3 is 0 Å². The second kappa shape index (κ2) is 9.32. The molecule has 0 aromatic rings. The van der Waals surface area contributed by atoms with Crippen molar-refractivity contribution in [3.05, 3.63) is 0 Å². The molecule has 1 amide bonds. The minimum atomic E-state index is -0.335. The number of hydrogen-bond acceptors (Lipinski definition) is 1. The molecule has 0 aromatic carbocycles. The lowest BCUT2D eigenvalue weighted by Crippen LogP contribution is -2.31. The minimum Gasteiger partial charge on any atom is -0.355 e. The number of halogens is 1. The molecule has 0 aliphatic rings. The predicted octanol–water partition coefficient (Wildman–Crippen LogP) is 3.09. The van der Waals surface area contributed by atoms with Crippen LogP contribution in [0.25, 0.3) is 0 Å². The summed E-state index contributed by atoms with van der Waals surface area (Å²) in [6.45, 7) is 4.94. The van der Waals surface area contributed by atoms with Crippen LogP contribution in [-0.2, 0) is 4.79 Å². The Kier molecular flexibility index (Phi) is 9.16. The van der Waals surface area contributed by atoms with Gasteiger partial charge in [0.25, 0.3) is 0 Å². The van der Waals surface area contributed by atoms with Crippen molar-refractivity contribution in [2.75, 3.05) is 6.54 Å². The third kappa shape index (κ3) is 7.19. The Balaban J connectivity index is 3.42. The molecule has 0 aliphatic heterocycles. The monoisotopic (exact) mass is 219 g/mol. The van der Waals surface area contributed by atoms with Crippen LogP contribution in [0, 0.1) is 0 Å². The van der Waals surface area contributed by atoms with E-state index in [0.29, 0.717) is 0 Å².